The molecule has 4 atom stereocenters. The number of aliphatic hydroxyl groups is 1. The third kappa shape index (κ3) is 6.59. The Kier molecular flexibility index (Phi) is 10.7. The van der Waals surface area contributed by atoms with Gasteiger partial charge < -0.3 is 28.6 Å². The minimum absolute atomic E-state index is 0. The molecule has 2 unspecified atom stereocenters. The first-order valence-corrected chi connectivity index (χ1v) is 26.5. The summed E-state index contributed by atoms with van der Waals surface area (Å²) in [6.45, 7) is 11.4. The molecule has 14 rings (SSSR count). The van der Waals surface area contributed by atoms with E-state index in [2.05, 4.69) is 87.9 Å². The lowest BCUT2D eigenvalue weighted by Gasteiger charge is -2.38. The van der Waals surface area contributed by atoms with Crippen LogP contribution in [0, 0.1) is 0 Å². The molecule has 2 aliphatic heterocycles. The highest BCUT2D eigenvalue weighted by Crippen LogP contribution is 2.48. The minimum Gasteiger partial charge on any atom is -0.410 e. The summed E-state index contributed by atoms with van der Waals surface area (Å²) >= 11 is 0. The van der Waals surface area contributed by atoms with Gasteiger partial charge in [-0.05, 0) is 42.4 Å². The molecule has 0 bridgehead atoms. The van der Waals surface area contributed by atoms with Crippen molar-refractivity contribution in [3.63, 3.8) is 0 Å². The highest BCUT2D eigenvalue weighted by molar-refractivity contribution is 7.59. The van der Waals surface area contributed by atoms with Crippen LogP contribution in [0.1, 0.15) is 87.1 Å². The zero-order valence-electron chi connectivity index (χ0n) is 39.7. The lowest BCUT2D eigenvalue weighted by molar-refractivity contribution is 0.0864. The molecule has 0 saturated heterocycles. The summed E-state index contributed by atoms with van der Waals surface area (Å²) in [7, 11) is -1.95. The molecule has 71 heavy (non-hydrogen) atoms. The van der Waals surface area contributed by atoms with Gasteiger partial charge in [-0.3, -0.25) is 29.8 Å². The number of carbonyl (C=O) groups is 4. The van der Waals surface area contributed by atoms with Crippen molar-refractivity contribution >= 4 is 146 Å². The highest BCUT2D eigenvalue weighted by Gasteiger charge is 2.42. The van der Waals surface area contributed by atoms with Crippen molar-refractivity contribution in [2.75, 3.05) is 0 Å². The van der Waals surface area contributed by atoms with Gasteiger partial charge in [0.05, 0.1) is 68.6 Å². The standard InChI is InChI=1S/C31H31N3O3Si.C25H17N3O3.2H2S/c1-31(2,3)38(4,5)37-18-15-14-17(16-18)34-22-13-9-7-11-20(22)24-26-25(29(35)33-30(26)36)23-19-10-6-8-12-21(19)32-27(23)28(24)34;29-13-10-9-12(11-13)28-17-8-4-2-6-15(17)19-21-20(24(30)27-25(21)31)18-14-5-1-3-7-16(14)26-22(18)23(19)28;;/h6-15,17-18,32H,16H2,1-5H3,(H,33,35,36);1-10,12-13,26,29H,11H2,(H,27,30,31);2*1H2/t17?,18-;12?,13-;;/m11../s1. The molecule has 358 valence electrons. The van der Waals surface area contributed by atoms with E-state index in [4.69, 9.17) is 4.43 Å². The Balaban J connectivity index is 0.000000152. The molecule has 0 saturated carbocycles. The average molecular weight is 997 g/mol. The van der Waals surface area contributed by atoms with Crippen molar-refractivity contribution in [1.82, 2.24) is 29.7 Å². The summed E-state index contributed by atoms with van der Waals surface area (Å²) in [5.41, 5.74) is 9.29. The van der Waals surface area contributed by atoms with Gasteiger partial charge in [0.25, 0.3) is 23.6 Å². The number of benzene rings is 6. The predicted molar refractivity (Wildman–Crippen MR) is 296 cm³/mol. The van der Waals surface area contributed by atoms with Crippen molar-refractivity contribution in [2.24, 2.45) is 0 Å². The van der Waals surface area contributed by atoms with E-state index in [1.54, 1.807) is 0 Å². The number of carbonyl (C=O) groups excluding carboxylic acids is 4. The van der Waals surface area contributed by atoms with Crippen LogP contribution >= 0.6 is 27.0 Å². The van der Waals surface area contributed by atoms with Gasteiger partial charge in [-0.2, -0.15) is 27.0 Å². The molecule has 4 aromatic heterocycles. The van der Waals surface area contributed by atoms with E-state index in [1.165, 1.54) is 0 Å². The Morgan fingerprint density at radius 1 is 0.535 bits per heavy atom. The second-order valence-electron chi connectivity index (χ2n) is 20.5. The second kappa shape index (κ2) is 16.3. The van der Waals surface area contributed by atoms with Crippen LogP contribution < -0.4 is 10.6 Å². The molecule has 0 radical (unpaired) electrons. The molecular weight excluding hydrogens is 945 g/mol. The number of aromatic nitrogens is 4. The molecular formula is C56H52N6O6S2Si. The third-order valence-corrected chi connectivity index (χ3v) is 20.0. The first-order chi connectivity index (χ1) is 33.2. The van der Waals surface area contributed by atoms with Crippen molar-refractivity contribution in [3.8, 4) is 0 Å². The number of amides is 4. The zero-order chi connectivity index (χ0) is 47.4. The quantitative estimate of drug-likeness (QED) is 0.0669. The summed E-state index contributed by atoms with van der Waals surface area (Å²) in [5.74, 6) is -1.37. The predicted octanol–water partition coefficient (Wildman–Crippen LogP) is 11.6. The Bertz CT molecular complexity index is 4060. The van der Waals surface area contributed by atoms with E-state index < -0.39 is 14.4 Å². The van der Waals surface area contributed by atoms with Gasteiger partial charge in [0.2, 0.25) is 0 Å². The van der Waals surface area contributed by atoms with Gasteiger partial charge in [-0.25, -0.2) is 0 Å². The fourth-order valence-corrected chi connectivity index (χ4v) is 12.9. The molecule has 2 aliphatic carbocycles. The summed E-state index contributed by atoms with van der Waals surface area (Å²) in [6, 6.07) is 32.0. The number of para-hydroxylation sites is 4. The number of fused-ring (bicyclic) bond motifs is 20. The van der Waals surface area contributed by atoms with Crippen molar-refractivity contribution < 1.29 is 28.7 Å². The maximum Gasteiger partial charge on any atom is 0.259 e. The Morgan fingerprint density at radius 2 is 0.930 bits per heavy atom. The van der Waals surface area contributed by atoms with E-state index >= 15 is 0 Å². The molecule has 6 aromatic carbocycles. The fraction of sp³-hybridized carbons (Fsp3) is 0.214. The van der Waals surface area contributed by atoms with Crippen LogP contribution in [0.3, 0.4) is 0 Å². The van der Waals surface area contributed by atoms with E-state index in [1.807, 2.05) is 97.1 Å². The van der Waals surface area contributed by atoms with E-state index in [9.17, 15) is 24.3 Å². The first kappa shape index (κ1) is 46.5. The number of hydrogen-bond acceptors (Lipinski definition) is 6. The lowest BCUT2D eigenvalue weighted by atomic mass is 9.96. The Morgan fingerprint density at radius 3 is 1.37 bits per heavy atom. The number of hydrogen-bond donors (Lipinski definition) is 5. The third-order valence-electron chi connectivity index (χ3n) is 15.5. The average Bonchev–Trinajstić information content (AvgIpc) is 4.20. The minimum atomic E-state index is -1.95. The molecule has 5 N–H and O–H groups in total. The molecule has 0 spiro atoms. The first-order valence-electron chi connectivity index (χ1n) is 23.6. The lowest BCUT2D eigenvalue weighted by Crippen LogP contribution is -2.43. The van der Waals surface area contributed by atoms with Crippen molar-refractivity contribution in [3.05, 3.63) is 144 Å². The van der Waals surface area contributed by atoms with E-state index in [0.717, 1.165) is 93.6 Å². The summed E-state index contributed by atoms with van der Waals surface area (Å²) < 4.78 is 11.3. The van der Waals surface area contributed by atoms with Gasteiger partial charge >= 0.3 is 0 Å². The Labute approximate surface area is 422 Å². The van der Waals surface area contributed by atoms with E-state index in [0.29, 0.717) is 28.7 Å². The number of H-pyrrole nitrogens is 2. The van der Waals surface area contributed by atoms with Crippen LogP contribution in [0.4, 0.5) is 0 Å². The van der Waals surface area contributed by atoms with Crippen molar-refractivity contribution in [2.45, 2.75) is 76.0 Å². The van der Waals surface area contributed by atoms with Gasteiger partial charge in [0.1, 0.15) is 0 Å². The SMILES string of the molecule is CC(C)(C)[Si](C)(C)O[C@@H]1C=CC(n2c3ccccc3c3c4c(c5c6ccccc6[nH]c5c32)C(=O)NC4=O)C1.O=C1NC(=O)c2c1c1c3ccccc3[nH]c1c1c2c2ccccc2n1C1C=C[C@@H](O)C1.S.S. The van der Waals surface area contributed by atoms with Gasteiger partial charge in [0.15, 0.2) is 8.32 Å². The summed E-state index contributed by atoms with van der Waals surface area (Å²) in [5, 5.41) is 22.4. The van der Waals surface area contributed by atoms with Gasteiger partial charge in [-0.1, -0.05) is 118 Å². The number of nitrogens with zero attached hydrogens (tertiary/aromatic N) is 2. The van der Waals surface area contributed by atoms with Gasteiger partial charge in [0, 0.05) is 78.0 Å². The normalized spacial score (nSPS) is 19.6. The number of aliphatic hydroxyl groups excluding tert-OH is 1. The Hall–Kier alpha value is -6.88. The number of imide groups is 2. The zero-order valence-corrected chi connectivity index (χ0v) is 42.7. The summed E-state index contributed by atoms with van der Waals surface area (Å²) in [4.78, 5) is 59.5. The number of aromatic amines is 2. The number of allylic oxidation sites excluding steroid dienone is 2. The topological polar surface area (TPSA) is 163 Å². The maximum absolute atomic E-state index is 13.3. The molecule has 10 aromatic rings. The highest BCUT2D eigenvalue weighted by atomic mass is 32.1. The van der Waals surface area contributed by atoms with Crippen LogP contribution in [0.15, 0.2) is 121 Å². The smallest absolute Gasteiger partial charge is 0.259 e. The molecule has 15 heteroatoms. The molecule has 4 amide bonds. The second-order valence-corrected chi connectivity index (χ2v) is 25.2. The van der Waals surface area contributed by atoms with Crippen LogP contribution in [0.5, 0.6) is 0 Å². The monoisotopic (exact) mass is 996 g/mol. The van der Waals surface area contributed by atoms with Crippen LogP contribution in [-0.4, -0.2) is 68.4 Å². The maximum atomic E-state index is 13.3. The number of rotatable bonds is 4. The molecule has 4 aliphatic rings. The van der Waals surface area contributed by atoms with Crippen LogP contribution in [0.2, 0.25) is 18.1 Å². The summed E-state index contributed by atoms with van der Waals surface area (Å²) in [6.07, 6.45) is 9.21. The van der Waals surface area contributed by atoms with Crippen LogP contribution in [0.25, 0.3) is 87.2 Å². The number of nitrogens with one attached hydrogen (secondary N) is 4. The van der Waals surface area contributed by atoms with Gasteiger partial charge in [-0.15, -0.1) is 0 Å². The van der Waals surface area contributed by atoms with Crippen LogP contribution in [-0.2, 0) is 4.43 Å². The largest absolute Gasteiger partial charge is 0.410 e. The van der Waals surface area contributed by atoms with E-state index in [-0.39, 0.29) is 73.8 Å². The molecule has 6 heterocycles. The molecule has 12 nitrogen and oxygen atoms in total. The fourth-order valence-electron chi connectivity index (χ4n) is 11.6. The van der Waals surface area contributed by atoms with Crippen molar-refractivity contribution in [1.29, 1.82) is 0 Å². The molecule has 0 fully saturated rings.